The second kappa shape index (κ2) is 4.50. The summed E-state index contributed by atoms with van der Waals surface area (Å²) in [6.45, 7) is 3.02. The van der Waals surface area contributed by atoms with Crippen molar-refractivity contribution in [3.8, 4) is 0 Å². The van der Waals surface area contributed by atoms with Gasteiger partial charge in [0.25, 0.3) is 0 Å². The molecule has 0 N–H and O–H groups in total. The van der Waals surface area contributed by atoms with E-state index in [0.29, 0.717) is 17.9 Å². The average molecular weight is 213 g/mol. The Balaban J connectivity index is 1.93. The van der Waals surface area contributed by atoms with Crippen LogP contribution in [0, 0.1) is 11.8 Å². The Labute approximate surface area is 90.8 Å². The third-order valence-corrected chi connectivity index (χ3v) is 3.45. The molecule has 0 radical (unpaired) electrons. The monoisotopic (exact) mass is 212 g/mol. The van der Waals surface area contributed by atoms with Gasteiger partial charge in [-0.05, 0) is 31.6 Å². The van der Waals surface area contributed by atoms with Crippen molar-refractivity contribution >= 4 is 11.6 Å². The van der Waals surface area contributed by atoms with E-state index in [9.17, 15) is 0 Å². The van der Waals surface area contributed by atoms with Crippen LogP contribution in [0.5, 0.6) is 0 Å². The molecular weight excluding hydrogens is 196 g/mol. The maximum Gasteiger partial charge on any atom is 0.0602 e. The summed E-state index contributed by atoms with van der Waals surface area (Å²) in [6.07, 6.45) is 11.5. The highest BCUT2D eigenvalue weighted by atomic mass is 35.5. The van der Waals surface area contributed by atoms with Crippen molar-refractivity contribution in [2.75, 3.05) is 6.61 Å². The number of hydrogen-bond donors (Lipinski definition) is 0. The van der Waals surface area contributed by atoms with Crippen molar-refractivity contribution in [1.29, 1.82) is 0 Å². The molecule has 1 heterocycles. The second-order valence-corrected chi connectivity index (χ2v) is 4.89. The minimum Gasteiger partial charge on any atom is -0.378 e. The molecule has 0 spiro atoms. The zero-order chi connectivity index (χ0) is 9.97. The van der Waals surface area contributed by atoms with Gasteiger partial charge in [-0.2, -0.15) is 0 Å². The SMILES string of the molecule is C[C@@H](Cl)C1C=CC=CC1C[C@H]1CCO1. The van der Waals surface area contributed by atoms with Gasteiger partial charge in [0.1, 0.15) is 0 Å². The number of hydrogen-bond acceptors (Lipinski definition) is 1. The van der Waals surface area contributed by atoms with Crippen LogP contribution in [0.3, 0.4) is 0 Å². The second-order valence-electron chi connectivity index (χ2n) is 4.21. The van der Waals surface area contributed by atoms with Gasteiger partial charge in [-0.3, -0.25) is 0 Å². The predicted molar refractivity (Wildman–Crippen MR) is 59.5 cm³/mol. The van der Waals surface area contributed by atoms with Gasteiger partial charge < -0.3 is 4.74 Å². The van der Waals surface area contributed by atoms with Crippen LogP contribution >= 0.6 is 11.6 Å². The number of halogens is 1. The predicted octanol–water partition coefficient (Wildman–Crippen LogP) is 3.15. The summed E-state index contributed by atoms with van der Waals surface area (Å²) in [5.41, 5.74) is 0. The van der Waals surface area contributed by atoms with E-state index in [2.05, 4.69) is 31.2 Å². The van der Waals surface area contributed by atoms with Gasteiger partial charge in [0, 0.05) is 12.0 Å². The van der Waals surface area contributed by atoms with Gasteiger partial charge in [-0.15, -0.1) is 11.6 Å². The van der Waals surface area contributed by atoms with E-state index in [0.717, 1.165) is 13.0 Å². The highest BCUT2D eigenvalue weighted by Gasteiger charge is 2.28. The highest BCUT2D eigenvalue weighted by molar-refractivity contribution is 6.20. The first-order chi connectivity index (χ1) is 6.77. The maximum absolute atomic E-state index is 6.17. The summed E-state index contributed by atoms with van der Waals surface area (Å²) in [6, 6.07) is 0. The van der Waals surface area contributed by atoms with Crippen LogP contribution in [0.25, 0.3) is 0 Å². The van der Waals surface area contributed by atoms with Crippen LogP contribution in [0.1, 0.15) is 19.8 Å². The Hall–Kier alpha value is -0.270. The summed E-state index contributed by atoms with van der Waals surface area (Å²) in [4.78, 5) is 0. The van der Waals surface area contributed by atoms with Crippen molar-refractivity contribution in [2.24, 2.45) is 11.8 Å². The topological polar surface area (TPSA) is 9.23 Å². The summed E-state index contributed by atoms with van der Waals surface area (Å²) in [7, 11) is 0. The third-order valence-electron chi connectivity index (χ3n) is 3.16. The van der Waals surface area contributed by atoms with Crippen molar-refractivity contribution in [3.05, 3.63) is 24.3 Å². The van der Waals surface area contributed by atoms with Crippen LogP contribution in [-0.2, 0) is 4.74 Å². The number of allylic oxidation sites excluding steroid dienone is 4. The summed E-state index contributed by atoms with van der Waals surface area (Å²) in [5, 5.41) is 0.210. The van der Waals surface area contributed by atoms with Crippen molar-refractivity contribution in [2.45, 2.75) is 31.2 Å². The molecule has 0 bridgehead atoms. The number of alkyl halides is 1. The first-order valence-corrected chi connectivity index (χ1v) is 5.81. The fourth-order valence-electron chi connectivity index (χ4n) is 2.17. The van der Waals surface area contributed by atoms with Gasteiger partial charge in [0.15, 0.2) is 0 Å². The average Bonchev–Trinajstić information content (AvgIpc) is 2.12. The first kappa shape index (κ1) is 10.3. The highest BCUT2D eigenvalue weighted by Crippen LogP contribution is 2.32. The normalized spacial score (nSPS) is 38.0. The summed E-state index contributed by atoms with van der Waals surface area (Å²) < 4.78 is 5.46. The van der Waals surface area contributed by atoms with E-state index in [1.807, 2.05) is 0 Å². The molecule has 2 rings (SSSR count). The summed E-state index contributed by atoms with van der Waals surface area (Å²) >= 11 is 6.17. The van der Waals surface area contributed by atoms with E-state index in [1.165, 1.54) is 6.42 Å². The molecule has 0 aromatic carbocycles. The fourth-order valence-corrected chi connectivity index (χ4v) is 2.44. The summed E-state index contributed by atoms with van der Waals surface area (Å²) in [5.74, 6) is 1.05. The maximum atomic E-state index is 6.17. The number of rotatable bonds is 3. The van der Waals surface area contributed by atoms with E-state index in [4.69, 9.17) is 16.3 Å². The van der Waals surface area contributed by atoms with Gasteiger partial charge >= 0.3 is 0 Å². The lowest BCUT2D eigenvalue weighted by molar-refractivity contribution is -0.0621. The first-order valence-electron chi connectivity index (χ1n) is 5.38. The zero-order valence-electron chi connectivity index (χ0n) is 8.53. The molecule has 4 atom stereocenters. The van der Waals surface area contributed by atoms with E-state index in [-0.39, 0.29) is 5.38 Å². The van der Waals surface area contributed by atoms with Crippen LogP contribution < -0.4 is 0 Å². The van der Waals surface area contributed by atoms with Crippen LogP contribution in [0.4, 0.5) is 0 Å². The zero-order valence-corrected chi connectivity index (χ0v) is 9.28. The molecule has 1 nitrogen and oxygen atoms in total. The molecule has 14 heavy (non-hydrogen) atoms. The lowest BCUT2D eigenvalue weighted by Gasteiger charge is -2.33. The number of ether oxygens (including phenoxy) is 1. The molecule has 0 amide bonds. The third kappa shape index (κ3) is 2.21. The van der Waals surface area contributed by atoms with Gasteiger partial charge in [0.05, 0.1) is 6.10 Å². The molecular formula is C12H17ClO. The molecule has 2 unspecified atom stereocenters. The van der Waals surface area contributed by atoms with Crippen molar-refractivity contribution in [3.63, 3.8) is 0 Å². The smallest absolute Gasteiger partial charge is 0.0602 e. The Kier molecular flexibility index (Phi) is 3.30. The van der Waals surface area contributed by atoms with Gasteiger partial charge in [0.2, 0.25) is 0 Å². The molecule has 2 aliphatic rings. The molecule has 0 aromatic heterocycles. The quantitative estimate of drug-likeness (QED) is 0.654. The molecule has 1 saturated heterocycles. The fraction of sp³-hybridized carbons (Fsp3) is 0.667. The lowest BCUT2D eigenvalue weighted by Crippen LogP contribution is -2.32. The molecule has 1 aliphatic carbocycles. The Bertz CT molecular complexity index is 241. The Morgan fingerprint density at radius 2 is 2.14 bits per heavy atom. The standard InChI is InChI=1S/C12H17ClO/c1-9(13)12-5-3-2-4-10(12)8-11-6-7-14-11/h2-5,9-12H,6-8H2,1H3/t9-,10?,11-,12?/m1/s1. The Morgan fingerprint density at radius 3 is 2.71 bits per heavy atom. The molecule has 0 saturated carbocycles. The minimum absolute atomic E-state index is 0.210. The van der Waals surface area contributed by atoms with E-state index in [1.54, 1.807) is 0 Å². The molecule has 2 heteroatoms. The minimum atomic E-state index is 0.210. The van der Waals surface area contributed by atoms with E-state index >= 15 is 0 Å². The van der Waals surface area contributed by atoms with Crippen LogP contribution in [-0.4, -0.2) is 18.1 Å². The largest absolute Gasteiger partial charge is 0.378 e. The van der Waals surface area contributed by atoms with Gasteiger partial charge in [-0.25, -0.2) is 0 Å². The van der Waals surface area contributed by atoms with Crippen LogP contribution in [0.15, 0.2) is 24.3 Å². The molecule has 1 fully saturated rings. The molecule has 0 aromatic rings. The van der Waals surface area contributed by atoms with Crippen molar-refractivity contribution in [1.82, 2.24) is 0 Å². The molecule has 1 aliphatic heterocycles. The lowest BCUT2D eigenvalue weighted by atomic mass is 9.81. The Morgan fingerprint density at radius 1 is 1.43 bits per heavy atom. The van der Waals surface area contributed by atoms with Crippen LogP contribution in [0.2, 0.25) is 0 Å². The van der Waals surface area contributed by atoms with E-state index < -0.39 is 0 Å². The van der Waals surface area contributed by atoms with Crippen molar-refractivity contribution < 1.29 is 4.74 Å². The molecule has 78 valence electrons. The van der Waals surface area contributed by atoms with Gasteiger partial charge in [-0.1, -0.05) is 24.3 Å².